The maximum atomic E-state index is 12.8. The highest BCUT2D eigenvalue weighted by atomic mass is 32.2. The fourth-order valence-electron chi connectivity index (χ4n) is 3.57. The summed E-state index contributed by atoms with van der Waals surface area (Å²) in [6.45, 7) is 2.69. The van der Waals surface area contributed by atoms with Crippen molar-refractivity contribution in [2.45, 2.75) is 9.79 Å². The Balaban J connectivity index is 1.37. The summed E-state index contributed by atoms with van der Waals surface area (Å²) in [5.41, 5.74) is 1.11. The molecule has 1 fully saturated rings. The Morgan fingerprint density at radius 1 is 0.893 bits per heavy atom. The normalized spacial score (nSPS) is 18.0. The molecule has 2 aromatic carbocycles. The summed E-state index contributed by atoms with van der Waals surface area (Å²) in [5.74, 6) is 1.02. The van der Waals surface area contributed by atoms with E-state index in [2.05, 4.69) is 17.0 Å². The number of hydrogen-bond donors (Lipinski definition) is 0. The summed E-state index contributed by atoms with van der Waals surface area (Å²) in [6.07, 6.45) is 0. The molecule has 2 aliphatic heterocycles. The fraction of sp³-hybridized carbons (Fsp3) is 0.350. The minimum atomic E-state index is -3.50. The van der Waals surface area contributed by atoms with Crippen LogP contribution in [0.25, 0.3) is 0 Å². The van der Waals surface area contributed by atoms with Crippen LogP contribution in [0.5, 0.6) is 0 Å². The van der Waals surface area contributed by atoms with Crippen molar-refractivity contribution in [2.24, 2.45) is 0 Å². The van der Waals surface area contributed by atoms with E-state index >= 15 is 0 Å². The number of fused-ring (bicyclic) bond motifs is 1. The van der Waals surface area contributed by atoms with Gasteiger partial charge in [-0.1, -0.05) is 30.3 Å². The number of piperazine rings is 1. The number of nitrogens with zero attached hydrogens (tertiary/aromatic N) is 3. The second-order valence-corrected chi connectivity index (χ2v) is 9.91. The van der Waals surface area contributed by atoms with E-state index in [1.165, 1.54) is 9.20 Å². The molecule has 6 nitrogen and oxygen atoms in total. The lowest BCUT2D eigenvalue weighted by molar-refractivity contribution is -0.130. The number of hydrogen-bond acceptors (Lipinski definition) is 5. The molecule has 2 aromatic rings. The maximum absolute atomic E-state index is 12.8. The molecular formula is C20H23N3O3S2. The lowest BCUT2D eigenvalue weighted by atomic mass is 10.2. The topological polar surface area (TPSA) is 60.9 Å². The van der Waals surface area contributed by atoms with Crippen molar-refractivity contribution in [3.8, 4) is 0 Å². The molecule has 0 bridgehead atoms. The van der Waals surface area contributed by atoms with Crippen LogP contribution in [0.4, 0.5) is 5.69 Å². The molecule has 28 heavy (non-hydrogen) atoms. The first-order valence-electron chi connectivity index (χ1n) is 9.35. The predicted molar refractivity (Wildman–Crippen MR) is 111 cm³/mol. The van der Waals surface area contributed by atoms with Crippen molar-refractivity contribution < 1.29 is 13.2 Å². The Labute approximate surface area is 170 Å². The quantitative estimate of drug-likeness (QED) is 0.763. The second kappa shape index (κ2) is 8.14. The molecule has 0 radical (unpaired) electrons. The second-order valence-electron chi connectivity index (χ2n) is 6.84. The van der Waals surface area contributed by atoms with E-state index < -0.39 is 10.0 Å². The lowest BCUT2D eigenvalue weighted by Gasteiger charge is -2.36. The third-order valence-corrected chi connectivity index (χ3v) is 8.08. The minimum absolute atomic E-state index is 0.0541. The summed E-state index contributed by atoms with van der Waals surface area (Å²) in [5, 5.41) is 0. The molecule has 8 heteroatoms. The molecule has 1 amide bonds. The highest BCUT2D eigenvalue weighted by molar-refractivity contribution is 7.99. The van der Waals surface area contributed by atoms with Crippen molar-refractivity contribution in [2.75, 3.05) is 49.9 Å². The smallest absolute Gasteiger partial charge is 0.243 e. The highest BCUT2D eigenvalue weighted by Crippen LogP contribution is 2.34. The molecule has 0 aromatic heterocycles. The zero-order valence-electron chi connectivity index (χ0n) is 15.5. The number of carbonyl (C=O) groups excluding carboxylic acids is 1. The van der Waals surface area contributed by atoms with Crippen molar-refractivity contribution in [3.63, 3.8) is 0 Å². The first kappa shape index (κ1) is 19.3. The zero-order chi connectivity index (χ0) is 19.6. The minimum Gasteiger partial charge on any atom is -0.360 e. The van der Waals surface area contributed by atoms with Gasteiger partial charge in [0.1, 0.15) is 0 Å². The van der Waals surface area contributed by atoms with E-state index in [1.807, 2.05) is 23.9 Å². The van der Waals surface area contributed by atoms with Crippen molar-refractivity contribution in [1.82, 2.24) is 9.21 Å². The number of para-hydroxylation sites is 1. The van der Waals surface area contributed by atoms with E-state index in [4.69, 9.17) is 0 Å². The van der Waals surface area contributed by atoms with Crippen LogP contribution >= 0.6 is 11.8 Å². The number of carbonyl (C=O) groups is 1. The van der Waals surface area contributed by atoms with Crippen LogP contribution < -0.4 is 4.90 Å². The van der Waals surface area contributed by atoms with Gasteiger partial charge >= 0.3 is 0 Å². The zero-order valence-corrected chi connectivity index (χ0v) is 17.2. The summed E-state index contributed by atoms with van der Waals surface area (Å²) in [6, 6.07) is 16.6. The monoisotopic (exact) mass is 417 g/mol. The Morgan fingerprint density at radius 3 is 2.32 bits per heavy atom. The van der Waals surface area contributed by atoms with Crippen molar-refractivity contribution >= 4 is 33.4 Å². The van der Waals surface area contributed by atoms with Gasteiger partial charge in [0.2, 0.25) is 15.9 Å². The largest absolute Gasteiger partial charge is 0.360 e. The van der Waals surface area contributed by atoms with Gasteiger partial charge in [-0.2, -0.15) is 4.31 Å². The van der Waals surface area contributed by atoms with E-state index in [0.29, 0.717) is 37.6 Å². The van der Waals surface area contributed by atoms with Crippen LogP contribution in [-0.4, -0.2) is 68.6 Å². The van der Waals surface area contributed by atoms with E-state index in [0.717, 1.165) is 18.0 Å². The molecule has 2 aliphatic rings. The fourth-order valence-corrected chi connectivity index (χ4v) is 6.07. The molecule has 1 saturated heterocycles. The number of rotatable bonds is 4. The number of amides is 1. The van der Waals surface area contributed by atoms with E-state index in [9.17, 15) is 13.2 Å². The van der Waals surface area contributed by atoms with Crippen LogP contribution in [0, 0.1) is 0 Å². The number of benzene rings is 2. The first-order valence-corrected chi connectivity index (χ1v) is 11.8. The molecular weight excluding hydrogens is 394 g/mol. The van der Waals surface area contributed by atoms with Crippen LogP contribution in [-0.2, 0) is 14.8 Å². The Morgan fingerprint density at radius 2 is 1.57 bits per heavy atom. The molecule has 148 valence electrons. The average molecular weight is 418 g/mol. The summed E-state index contributed by atoms with van der Waals surface area (Å²) >= 11 is 1.82. The summed E-state index contributed by atoms with van der Waals surface area (Å²) < 4.78 is 26.9. The van der Waals surface area contributed by atoms with Gasteiger partial charge in [-0.05, 0) is 24.3 Å². The molecule has 0 N–H and O–H groups in total. The van der Waals surface area contributed by atoms with Crippen LogP contribution in [0.1, 0.15) is 0 Å². The van der Waals surface area contributed by atoms with Crippen molar-refractivity contribution in [3.05, 3.63) is 54.6 Å². The summed E-state index contributed by atoms with van der Waals surface area (Å²) in [4.78, 5) is 18.2. The number of thioether (sulfide) groups is 1. The van der Waals surface area contributed by atoms with Gasteiger partial charge in [0.25, 0.3) is 0 Å². The molecule has 0 spiro atoms. The molecule has 0 saturated carbocycles. The Bertz CT molecular complexity index is 942. The Hall–Kier alpha value is -2.03. The van der Waals surface area contributed by atoms with Gasteiger partial charge in [0.15, 0.2) is 0 Å². The molecule has 2 heterocycles. The van der Waals surface area contributed by atoms with Gasteiger partial charge < -0.3 is 9.80 Å². The maximum Gasteiger partial charge on any atom is 0.243 e. The number of sulfonamides is 1. The standard InChI is InChI=1S/C20H23N3O3S2/c24-20(16-22-14-15-27-19-9-5-4-8-18(19)22)21-10-12-23(13-11-21)28(25,26)17-6-2-1-3-7-17/h1-9H,10-16H2. The SMILES string of the molecule is O=C(CN1CCSc2ccccc21)N1CCN(S(=O)(=O)c2ccccc2)CC1. The molecule has 0 atom stereocenters. The first-order chi connectivity index (χ1) is 13.6. The third kappa shape index (κ3) is 3.90. The van der Waals surface area contributed by atoms with E-state index in [-0.39, 0.29) is 5.91 Å². The van der Waals surface area contributed by atoms with Gasteiger partial charge in [-0.3, -0.25) is 4.79 Å². The van der Waals surface area contributed by atoms with E-state index in [1.54, 1.807) is 35.2 Å². The Kier molecular flexibility index (Phi) is 5.61. The predicted octanol–water partition coefficient (Wildman–Crippen LogP) is 2.13. The molecule has 0 aliphatic carbocycles. The molecule has 4 rings (SSSR count). The third-order valence-electron chi connectivity index (χ3n) is 5.12. The lowest BCUT2D eigenvalue weighted by Crippen LogP contribution is -2.52. The van der Waals surface area contributed by atoms with Gasteiger partial charge in [-0.15, -0.1) is 11.8 Å². The van der Waals surface area contributed by atoms with Crippen LogP contribution in [0.15, 0.2) is 64.4 Å². The molecule has 0 unspecified atom stereocenters. The van der Waals surface area contributed by atoms with Crippen LogP contribution in [0.2, 0.25) is 0 Å². The van der Waals surface area contributed by atoms with Gasteiger partial charge in [0.05, 0.1) is 17.1 Å². The summed E-state index contributed by atoms with van der Waals surface area (Å²) in [7, 11) is -3.50. The van der Waals surface area contributed by atoms with Gasteiger partial charge in [-0.25, -0.2) is 8.42 Å². The van der Waals surface area contributed by atoms with Crippen molar-refractivity contribution in [1.29, 1.82) is 0 Å². The van der Waals surface area contributed by atoms with Gasteiger partial charge in [0, 0.05) is 43.4 Å². The number of anilines is 1. The highest BCUT2D eigenvalue weighted by Gasteiger charge is 2.31. The average Bonchev–Trinajstić information content (AvgIpc) is 2.75. The van der Waals surface area contributed by atoms with Crippen LogP contribution in [0.3, 0.4) is 0 Å².